The molecule has 9 nitrogen and oxygen atoms in total. The maximum absolute atomic E-state index is 5.84. The van der Waals surface area contributed by atoms with E-state index in [0.717, 1.165) is 22.0 Å². The highest BCUT2D eigenvalue weighted by Gasteiger charge is 2.08. The number of anilines is 2. The predicted octanol–water partition coefficient (Wildman–Crippen LogP) is 1.61. The van der Waals surface area contributed by atoms with Crippen LogP contribution < -0.4 is 11.1 Å². The molecule has 0 saturated carbocycles. The fourth-order valence-electron chi connectivity index (χ4n) is 2.55. The summed E-state index contributed by atoms with van der Waals surface area (Å²) < 4.78 is 1.86. The minimum Gasteiger partial charge on any atom is -0.368 e. The molecule has 0 fully saturated rings. The van der Waals surface area contributed by atoms with Gasteiger partial charge in [0, 0.05) is 23.7 Å². The molecule has 0 unspecified atom stereocenters. The molecule has 0 aliphatic rings. The number of aryl methyl sites for hydroxylation is 1. The summed E-state index contributed by atoms with van der Waals surface area (Å²) in [5.74, 6) is 1.13. The summed E-state index contributed by atoms with van der Waals surface area (Å²) >= 11 is 0. The zero-order chi connectivity index (χ0) is 17.2. The molecule has 3 aromatic heterocycles. The van der Waals surface area contributed by atoms with Gasteiger partial charge in [-0.05, 0) is 18.6 Å². The number of benzene rings is 1. The van der Waals surface area contributed by atoms with Gasteiger partial charge in [0.15, 0.2) is 5.82 Å². The SMILES string of the molecule is Cc1cnn(CCNc2nc(N)nc(-c3ccc4cn[nH]c4c3)n2)c1. The van der Waals surface area contributed by atoms with Gasteiger partial charge in [0.2, 0.25) is 11.9 Å². The normalized spacial score (nSPS) is 11.1. The van der Waals surface area contributed by atoms with Crippen LogP contribution in [0.2, 0.25) is 0 Å². The first-order valence-corrected chi connectivity index (χ1v) is 7.85. The molecule has 1 aromatic carbocycles. The van der Waals surface area contributed by atoms with Crippen molar-refractivity contribution in [2.24, 2.45) is 0 Å². The van der Waals surface area contributed by atoms with E-state index in [1.165, 1.54) is 0 Å². The van der Waals surface area contributed by atoms with Crippen molar-refractivity contribution in [2.75, 3.05) is 17.6 Å². The van der Waals surface area contributed by atoms with Crippen LogP contribution in [0.3, 0.4) is 0 Å². The van der Waals surface area contributed by atoms with E-state index in [2.05, 4.69) is 35.6 Å². The molecule has 4 aromatic rings. The minimum absolute atomic E-state index is 0.173. The van der Waals surface area contributed by atoms with Gasteiger partial charge >= 0.3 is 0 Å². The molecular weight excluding hydrogens is 318 g/mol. The lowest BCUT2D eigenvalue weighted by Crippen LogP contribution is -2.14. The summed E-state index contributed by atoms with van der Waals surface area (Å²) in [6, 6.07) is 5.83. The van der Waals surface area contributed by atoms with E-state index in [0.29, 0.717) is 24.9 Å². The average Bonchev–Trinajstić information content (AvgIpc) is 3.22. The molecular formula is C16H17N9. The summed E-state index contributed by atoms with van der Waals surface area (Å²) in [4.78, 5) is 12.8. The monoisotopic (exact) mass is 335 g/mol. The molecule has 0 bridgehead atoms. The highest BCUT2D eigenvalue weighted by atomic mass is 15.3. The van der Waals surface area contributed by atoms with E-state index < -0.39 is 0 Å². The Hall–Kier alpha value is -3.49. The van der Waals surface area contributed by atoms with Gasteiger partial charge in [0.1, 0.15) is 0 Å². The molecule has 0 aliphatic heterocycles. The van der Waals surface area contributed by atoms with Crippen LogP contribution >= 0.6 is 0 Å². The van der Waals surface area contributed by atoms with Gasteiger partial charge in [-0.2, -0.15) is 25.1 Å². The third-order valence-corrected chi connectivity index (χ3v) is 3.74. The number of nitrogens with two attached hydrogens (primary N) is 1. The topological polar surface area (TPSA) is 123 Å². The van der Waals surface area contributed by atoms with Gasteiger partial charge in [-0.3, -0.25) is 9.78 Å². The summed E-state index contributed by atoms with van der Waals surface area (Å²) in [6.07, 6.45) is 5.57. The molecule has 0 spiro atoms. The number of hydrogen-bond acceptors (Lipinski definition) is 7. The highest BCUT2D eigenvalue weighted by Crippen LogP contribution is 2.21. The molecule has 4 N–H and O–H groups in total. The Morgan fingerprint density at radius 3 is 2.96 bits per heavy atom. The fourth-order valence-corrected chi connectivity index (χ4v) is 2.55. The smallest absolute Gasteiger partial charge is 0.228 e. The van der Waals surface area contributed by atoms with Gasteiger partial charge < -0.3 is 11.1 Å². The number of hydrogen-bond donors (Lipinski definition) is 3. The Morgan fingerprint density at radius 2 is 2.12 bits per heavy atom. The van der Waals surface area contributed by atoms with E-state index in [9.17, 15) is 0 Å². The zero-order valence-electron chi connectivity index (χ0n) is 13.6. The molecule has 3 heterocycles. The van der Waals surface area contributed by atoms with Gasteiger partial charge in [-0.1, -0.05) is 12.1 Å². The van der Waals surface area contributed by atoms with Gasteiger partial charge in [-0.25, -0.2) is 0 Å². The zero-order valence-corrected chi connectivity index (χ0v) is 13.6. The second-order valence-corrected chi connectivity index (χ2v) is 5.72. The summed E-state index contributed by atoms with van der Waals surface area (Å²) in [5.41, 5.74) is 8.72. The third kappa shape index (κ3) is 3.25. The number of H-pyrrole nitrogens is 1. The summed E-state index contributed by atoms with van der Waals surface area (Å²) in [7, 11) is 0. The van der Waals surface area contributed by atoms with E-state index in [1.54, 1.807) is 6.20 Å². The number of aromatic amines is 1. The van der Waals surface area contributed by atoms with Crippen LogP contribution in [0.25, 0.3) is 22.3 Å². The van der Waals surface area contributed by atoms with E-state index in [-0.39, 0.29) is 5.95 Å². The number of rotatable bonds is 5. The molecule has 126 valence electrons. The van der Waals surface area contributed by atoms with Crippen LogP contribution in [0.1, 0.15) is 5.56 Å². The molecule has 0 atom stereocenters. The molecule has 0 amide bonds. The number of nitrogens with zero attached hydrogens (tertiary/aromatic N) is 6. The molecule has 0 aliphatic carbocycles. The number of aromatic nitrogens is 7. The lowest BCUT2D eigenvalue weighted by molar-refractivity contribution is 0.635. The lowest BCUT2D eigenvalue weighted by Gasteiger charge is -2.08. The Labute approximate surface area is 143 Å². The van der Waals surface area contributed by atoms with Crippen molar-refractivity contribution in [1.29, 1.82) is 0 Å². The quantitative estimate of drug-likeness (QED) is 0.506. The van der Waals surface area contributed by atoms with Gasteiger partial charge in [0.05, 0.1) is 24.5 Å². The first-order valence-electron chi connectivity index (χ1n) is 7.85. The van der Waals surface area contributed by atoms with Crippen molar-refractivity contribution in [3.05, 3.63) is 42.4 Å². The Balaban J connectivity index is 1.53. The molecule has 9 heteroatoms. The maximum atomic E-state index is 5.84. The summed E-state index contributed by atoms with van der Waals surface area (Å²) in [5, 5.41) is 15.4. The van der Waals surface area contributed by atoms with Crippen LogP contribution in [0.15, 0.2) is 36.8 Å². The molecule has 0 radical (unpaired) electrons. The minimum atomic E-state index is 0.173. The molecule has 0 saturated heterocycles. The lowest BCUT2D eigenvalue weighted by atomic mass is 10.1. The summed E-state index contributed by atoms with van der Waals surface area (Å²) in [6.45, 7) is 3.34. The van der Waals surface area contributed by atoms with Crippen molar-refractivity contribution in [2.45, 2.75) is 13.5 Å². The van der Waals surface area contributed by atoms with E-state index >= 15 is 0 Å². The van der Waals surface area contributed by atoms with Crippen molar-refractivity contribution < 1.29 is 0 Å². The van der Waals surface area contributed by atoms with Crippen LogP contribution in [-0.2, 0) is 6.54 Å². The average molecular weight is 335 g/mol. The number of fused-ring (bicyclic) bond motifs is 1. The van der Waals surface area contributed by atoms with Crippen molar-refractivity contribution in [3.8, 4) is 11.4 Å². The second kappa shape index (κ2) is 6.19. The first-order chi connectivity index (χ1) is 12.2. The van der Waals surface area contributed by atoms with Crippen molar-refractivity contribution >= 4 is 22.8 Å². The number of nitrogens with one attached hydrogen (secondary N) is 2. The largest absolute Gasteiger partial charge is 0.368 e. The Bertz CT molecular complexity index is 1020. The molecule has 25 heavy (non-hydrogen) atoms. The van der Waals surface area contributed by atoms with Crippen LogP contribution in [0.4, 0.5) is 11.9 Å². The predicted molar refractivity (Wildman–Crippen MR) is 94.8 cm³/mol. The van der Waals surface area contributed by atoms with Crippen LogP contribution in [-0.4, -0.2) is 41.5 Å². The third-order valence-electron chi connectivity index (χ3n) is 3.74. The number of nitrogen functional groups attached to an aromatic ring is 1. The van der Waals surface area contributed by atoms with E-state index in [1.807, 2.05) is 42.2 Å². The van der Waals surface area contributed by atoms with Gasteiger partial charge in [-0.15, -0.1) is 0 Å². The fraction of sp³-hybridized carbons (Fsp3) is 0.188. The maximum Gasteiger partial charge on any atom is 0.228 e. The molecule has 4 rings (SSSR count). The van der Waals surface area contributed by atoms with Crippen LogP contribution in [0.5, 0.6) is 0 Å². The standard InChI is InChI=1S/C16H17N9/c1-10-7-20-25(9-10)5-4-18-16-22-14(21-15(17)23-16)11-2-3-12-8-19-24-13(12)6-11/h2-3,6-9H,4-5H2,1H3,(H,19,24)(H3,17,18,21,22,23). The Kier molecular flexibility index (Phi) is 3.73. The van der Waals surface area contributed by atoms with Crippen LogP contribution in [0, 0.1) is 6.92 Å². The first kappa shape index (κ1) is 15.1. The van der Waals surface area contributed by atoms with Crippen molar-refractivity contribution in [3.63, 3.8) is 0 Å². The van der Waals surface area contributed by atoms with Gasteiger partial charge in [0.25, 0.3) is 0 Å². The van der Waals surface area contributed by atoms with E-state index in [4.69, 9.17) is 5.73 Å². The second-order valence-electron chi connectivity index (χ2n) is 5.72. The Morgan fingerprint density at radius 1 is 1.20 bits per heavy atom. The highest BCUT2D eigenvalue weighted by molar-refractivity contribution is 5.82. The van der Waals surface area contributed by atoms with Crippen molar-refractivity contribution in [1.82, 2.24) is 34.9 Å².